The van der Waals surface area contributed by atoms with Crippen molar-refractivity contribution >= 4 is 16.9 Å². The maximum atomic E-state index is 12.9. The van der Waals surface area contributed by atoms with E-state index in [0.717, 1.165) is 33.5 Å². The summed E-state index contributed by atoms with van der Waals surface area (Å²) in [6, 6.07) is 17.2. The molecule has 158 valence electrons. The molecule has 31 heavy (non-hydrogen) atoms. The van der Waals surface area contributed by atoms with Crippen LogP contribution in [0.5, 0.6) is 5.75 Å². The lowest BCUT2D eigenvalue weighted by molar-refractivity contribution is -0.140. The van der Waals surface area contributed by atoms with Gasteiger partial charge in [-0.05, 0) is 35.4 Å². The molecule has 4 aromatic rings. The van der Waals surface area contributed by atoms with Gasteiger partial charge < -0.3 is 14.6 Å². The number of carbonyl (C=O) groups excluding carboxylic acids is 1. The number of benzene rings is 2. The van der Waals surface area contributed by atoms with Crippen molar-refractivity contribution < 1.29 is 14.3 Å². The summed E-state index contributed by atoms with van der Waals surface area (Å²) < 4.78 is 10.2. The normalized spacial score (nSPS) is 11.9. The first-order valence-corrected chi connectivity index (χ1v) is 9.93. The molecule has 0 aliphatic rings. The third kappa shape index (κ3) is 4.21. The molecule has 2 aromatic carbocycles. The second-order valence-corrected chi connectivity index (χ2v) is 7.25. The van der Waals surface area contributed by atoms with Crippen LogP contribution in [0, 0.1) is 0 Å². The molecule has 0 saturated carbocycles. The highest BCUT2D eigenvalue weighted by Gasteiger charge is 2.27. The van der Waals surface area contributed by atoms with Gasteiger partial charge in [0.25, 0.3) is 5.56 Å². The van der Waals surface area contributed by atoms with Crippen LogP contribution in [0.1, 0.15) is 34.7 Å². The SMILES string of the molecule is COC(=O)C[C@H](c1c(Cc2ccc(OC)cc2)[nH][nH]c1=O)c1ccnc2ccccc12. The van der Waals surface area contributed by atoms with Crippen LogP contribution in [0.2, 0.25) is 0 Å². The van der Waals surface area contributed by atoms with Gasteiger partial charge in [0, 0.05) is 35.2 Å². The molecule has 0 saturated heterocycles. The third-order valence-electron chi connectivity index (χ3n) is 5.44. The van der Waals surface area contributed by atoms with Crippen molar-refractivity contribution in [3.05, 3.63) is 93.5 Å². The van der Waals surface area contributed by atoms with E-state index in [1.165, 1.54) is 7.11 Å². The Balaban J connectivity index is 1.81. The number of aromatic nitrogens is 3. The summed E-state index contributed by atoms with van der Waals surface area (Å²) in [5, 5.41) is 6.60. The number of para-hydroxylation sites is 1. The second kappa shape index (κ2) is 8.87. The molecule has 0 bridgehead atoms. The maximum absolute atomic E-state index is 12.9. The van der Waals surface area contributed by atoms with Gasteiger partial charge in [-0.25, -0.2) is 0 Å². The van der Waals surface area contributed by atoms with Crippen LogP contribution >= 0.6 is 0 Å². The second-order valence-electron chi connectivity index (χ2n) is 7.25. The Bertz CT molecular complexity index is 1250. The van der Waals surface area contributed by atoms with Gasteiger partial charge in [0.15, 0.2) is 0 Å². The number of pyridine rings is 1. The Labute approximate surface area is 179 Å². The van der Waals surface area contributed by atoms with Gasteiger partial charge in [-0.1, -0.05) is 30.3 Å². The number of H-pyrrole nitrogens is 2. The monoisotopic (exact) mass is 417 g/mol. The third-order valence-corrected chi connectivity index (χ3v) is 5.44. The molecule has 0 radical (unpaired) electrons. The summed E-state index contributed by atoms with van der Waals surface area (Å²) in [7, 11) is 2.97. The largest absolute Gasteiger partial charge is 0.497 e. The van der Waals surface area contributed by atoms with Crippen molar-refractivity contribution in [2.45, 2.75) is 18.8 Å². The fourth-order valence-electron chi connectivity index (χ4n) is 3.90. The fourth-order valence-corrected chi connectivity index (χ4v) is 3.90. The van der Waals surface area contributed by atoms with Gasteiger partial charge in [0.2, 0.25) is 0 Å². The van der Waals surface area contributed by atoms with Crippen LogP contribution in [0.3, 0.4) is 0 Å². The maximum Gasteiger partial charge on any atom is 0.306 e. The minimum atomic E-state index is -0.483. The van der Waals surface area contributed by atoms with Crippen LogP contribution in [-0.2, 0) is 16.0 Å². The highest BCUT2D eigenvalue weighted by molar-refractivity contribution is 5.84. The number of hydrogen-bond acceptors (Lipinski definition) is 5. The molecule has 0 amide bonds. The van der Waals surface area contributed by atoms with E-state index in [0.29, 0.717) is 12.0 Å². The molecular formula is C24H23N3O4. The van der Waals surface area contributed by atoms with Crippen molar-refractivity contribution in [2.75, 3.05) is 14.2 Å². The zero-order valence-electron chi connectivity index (χ0n) is 17.3. The summed E-state index contributed by atoms with van der Waals surface area (Å²) in [6.45, 7) is 0. The van der Waals surface area contributed by atoms with E-state index in [2.05, 4.69) is 15.2 Å². The number of nitrogens with zero attached hydrogens (tertiary/aromatic N) is 1. The molecule has 1 atom stereocenters. The minimum Gasteiger partial charge on any atom is -0.497 e. The summed E-state index contributed by atoms with van der Waals surface area (Å²) in [5.41, 5.74) is 3.67. The quantitative estimate of drug-likeness (QED) is 0.448. The lowest BCUT2D eigenvalue weighted by Gasteiger charge is -2.18. The Hall–Kier alpha value is -3.87. The molecule has 2 aromatic heterocycles. The van der Waals surface area contributed by atoms with E-state index in [1.54, 1.807) is 13.3 Å². The molecule has 7 nitrogen and oxygen atoms in total. The number of methoxy groups -OCH3 is 2. The van der Waals surface area contributed by atoms with Gasteiger partial charge in [-0.2, -0.15) is 0 Å². The van der Waals surface area contributed by atoms with E-state index in [9.17, 15) is 9.59 Å². The van der Waals surface area contributed by atoms with E-state index >= 15 is 0 Å². The number of carbonyl (C=O) groups is 1. The first-order chi connectivity index (χ1) is 15.1. The van der Waals surface area contributed by atoms with Gasteiger partial charge in [0.05, 0.1) is 26.2 Å². The number of fused-ring (bicyclic) bond motifs is 1. The minimum absolute atomic E-state index is 0.0427. The molecule has 2 N–H and O–H groups in total. The average molecular weight is 417 g/mol. The van der Waals surface area contributed by atoms with Gasteiger partial charge in [-0.15, -0.1) is 0 Å². The summed E-state index contributed by atoms with van der Waals surface area (Å²) in [6.07, 6.45) is 2.24. The number of hydrogen-bond donors (Lipinski definition) is 2. The summed E-state index contributed by atoms with van der Waals surface area (Å²) in [5.74, 6) is -0.108. The Morgan fingerprint density at radius 1 is 1.03 bits per heavy atom. The Morgan fingerprint density at radius 3 is 2.55 bits per heavy atom. The van der Waals surface area contributed by atoms with Gasteiger partial charge in [-0.3, -0.25) is 19.7 Å². The first kappa shape index (κ1) is 20.4. The number of esters is 1. The van der Waals surface area contributed by atoms with Crippen LogP contribution in [0.25, 0.3) is 10.9 Å². The van der Waals surface area contributed by atoms with E-state index in [4.69, 9.17) is 9.47 Å². The first-order valence-electron chi connectivity index (χ1n) is 9.93. The molecular weight excluding hydrogens is 394 g/mol. The summed E-state index contributed by atoms with van der Waals surface area (Å²) >= 11 is 0. The molecule has 7 heteroatoms. The smallest absolute Gasteiger partial charge is 0.306 e. The number of aromatic amines is 2. The fraction of sp³-hybridized carbons (Fsp3) is 0.208. The van der Waals surface area contributed by atoms with Crippen molar-refractivity contribution in [1.29, 1.82) is 0 Å². The predicted molar refractivity (Wildman–Crippen MR) is 117 cm³/mol. The van der Waals surface area contributed by atoms with Crippen molar-refractivity contribution in [1.82, 2.24) is 15.2 Å². The molecule has 0 aliphatic carbocycles. The van der Waals surface area contributed by atoms with Gasteiger partial charge >= 0.3 is 5.97 Å². The van der Waals surface area contributed by atoms with E-state index in [-0.39, 0.29) is 17.9 Å². The lowest BCUT2D eigenvalue weighted by Crippen LogP contribution is -2.18. The van der Waals surface area contributed by atoms with Crippen LogP contribution in [0.15, 0.2) is 65.6 Å². The number of nitrogens with one attached hydrogen (secondary N) is 2. The van der Waals surface area contributed by atoms with Crippen molar-refractivity contribution in [3.8, 4) is 5.75 Å². The van der Waals surface area contributed by atoms with Crippen molar-refractivity contribution in [3.63, 3.8) is 0 Å². The van der Waals surface area contributed by atoms with Gasteiger partial charge in [0.1, 0.15) is 5.75 Å². The zero-order valence-corrected chi connectivity index (χ0v) is 17.3. The predicted octanol–water partition coefficient (Wildman–Crippen LogP) is 3.55. The molecule has 0 unspecified atom stereocenters. The molecule has 0 spiro atoms. The Morgan fingerprint density at radius 2 is 1.81 bits per heavy atom. The highest BCUT2D eigenvalue weighted by Crippen LogP contribution is 2.33. The zero-order chi connectivity index (χ0) is 21.8. The van der Waals surface area contributed by atoms with E-state index in [1.807, 2.05) is 54.6 Å². The number of rotatable bonds is 7. The Kier molecular flexibility index (Phi) is 5.84. The van der Waals surface area contributed by atoms with Crippen molar-refractivity contribution in [2.24, 2.45) is 0 Å². The standard InChI is InChI=1S/C24H23N3O4/c1-30-16-9-7-15(8-10-16)13-21-23(24(29)27-26-21)19(14-22(28)31-2)17-11-12-25-20-6-4-3-5-18(17)20/h3-12,19H,13-14H2,1-2H3,(H2,26,27,29)/t19-/m0/s1. The topological polar surface area (TPSA) is 97.1 Å². The van der Waals surface area contributed by atoms with Crippen LogP contribution < -0.4 is 10.3 Å². The van der Waals surface area contributed by atoms with Crippen LogP contribution in [-0.4, -0.2) is 35.4 Å². The molecule has 0 fully saturated rings. The highest BCUT2D eigenvalue weighted by atomic mass is 16.5. The molecule has 0 aliphatic heterocycles. The molecule has 4 rings (SSSR count). The number of ether oxygens (including phenoxy) is 2. The lowest BCUT2D eigenvalue weighted by atomic mass is 9.85. The average Bonchev–Trinajstić information content (AvgIpc) is 3.17. The summed E-state index contributed by atoms with van der Waals surface area (Å²) in [4.78, 5) is 29.6. The van der Waals surface area contributed by atoms with E-state index < -0.39 is 5.92 Å². The molecule has 2 heterocycles. The van der Waals surface area contributed by atoms with Crippen LogP contribution in [0.4, 0.5) is 0 Å².